The molecular weight excluding hydrogens is 505 g/mol. The number of benzene rings is 2. The number of hydrogen-bond acceptors (Lipinski definition) is 3. The average molecular weight is 533 g/mol. The van der Waals surface area contributed by atoms with Gasteiger partial charge in [-0.05, 0) is 74.8 Å². The Morgan fingerprint density at radius 3 is 2.00 bits per heavy atom. The number of hydrogen-bond donors (Lipinski definition) is 1. The van der Waals surface area contributed by atoms with E-state index in [0.29, 0.717) is 30.0 Å². The average Bonchev–Trinajstić information content (AvgIpc) is 3.05. The normalized spacial score (nSPS) is 26.9. The van der Waals surface area contributed by atoms with Gasteiger partial charge in [0.25, 0.3) is 0 Å². The molecule has 2 aliphatic heterocycles. The van der Waals surface area contributed by atoms with E-state index in [1.165, 1.54) is 5.56 Å². The SMILES string of the molecule is CN(C)C1C[C@H]2N(C1=O)C21CCCC1c1ccc(F)cc1.OCc1cc(C(F)(F)F)cc(C(F)(F)F)c1. The van der Waals surface area contributed by atoms with Gasteiger partial charge in [0.1, 0.15) is 5.82 Å². The summed E-state index contributed by atoms with van der Waals surface area (Å²) in [6.07, 6.45) is -5.42. The number of nitrogens with zero attached hydrogens (tertiary/aromatic N) is 2. The third-order valence-corrected chi connectivity index (χ3v) is 7.64. The minimum absolute atomic E-state index is 0.0131. The summed E-state index contributed by atoms with van der Waals surface area (Å²) in [4.78, 5) is 16.8. The number of halogens is 7. The molecule has 2 aromatic carbocycles. The second kappa shape index (κ2) is 9.58. The predicted octanol–water partition coefficient (Wildman–Crippen LogP) is 5.59. The van der Waals surface area contributed by atoms with Crippen LogP contribution in [0.1, 0.15) is 53.9 Å². The fraction of sp³-hybridized carbons (Fsp3) is 0.500. The van der Waals surface area contributed by atoms with E-state index in [1.807, 2.05) is 31.1 Å². The molecule has 0 radical (unpaired) electrons. The lowest BCUT2D eigenvalue weighted by atomic mass is 9.83. The van der Waals surface area contributed by atoms with Gasteiger partial charge in [-0.3, -0.25) is 9.69 Å². The van der Waals surface area contributed by atoms with Gasteiger partial charge >= 0.3 is 12.4 Å². The summed E-state index contributed by atoms with van der Waals surface area (Å²) in [6.45, 7) is -0.882. The first kappa shape index (κ1) is 27.4. The summed E-state index contributed by atoms with van der Waals surface area (Å²) in [5, 5.41) is 8.58. The van der Waals surface area contributed by atoms with Gasteiger partial charge in [-0.25, -0.2) is 4.39 Å². The molecule has 37 heavy (non-hydrogen) atoms. The third-order valence-electron chi connectivity index (χ3n) is 7.64. The Hall–Kier alpha value is -2.66. The van der Waals surface area contributed by atoms with Crippen molar-refractivity contribution in [2.24, 2.45) is 0 Å². The van der Waals surface area contributed by atoms with Crippen LogP contribution in [0.5, 0.6) is 0 Å². The molecule has 5 rings (SSSR count). The van der Waals surface area contributed by atoms with Crippen LogP contribution < -0.4 is 0 Å². The van der Waals surface area contributed by atoms with Crippen LogP contribution in [0.15, 0.2) is 42.5 Å². The fourth-order valence-corrected chi connectivity index (χ4v) is 5.94. The highest BCUT2D eigenvalue weighted by atomic mass is 19.4. The minimum Gasteiger partial charge on any atom is -0.392 e. The molecular formula is C26H27F7N2O2. The van der Waals surface area contributed by atoms with Crippen molar-refractivity contribution in [3.05, 3.63) is 70.5 Å². The highest BCUT2D eigenvalue weighted by Gasteiger charge is 2.74. The molecule has 1 N–H and O–H groups in total. The van der Waals surface area contributed by atoms with Crippen molar-refractivity contribution in [2.75, 3.05) is 14.1 Å². The van der Waals surface area contributed by atoms with Crippen molar-refractivity contribution in [2.45, 2.75) is 68.2 Å². The molecule has 202 valence electrons. The first-order chi connectivity index (χ1) is 17.2. The van der Waals surface area contributed by atoms with Gasteiger partial charge in [0.2, 0.25) is 5.91 Å². The van der Waals surface area contributed by atoms with E-state index in [1.54, 1.807) is 12.1 Å². The van der Waals surface area contributed by atoms with E-state index in [0.717, 1.165) is 25.7 Å². The Kier molecular flexibility index (Phi) is 7.09. The van der Waals surface area contributed by atoms with E-state index in [9.17, 15) is 35.5 Å². The van der Waals surface area contributed by atoms with Crippen molar-refractivity contribution in [3.63, 3.8) is 0 Å². The summed E-state index contributed by atoms with van der Waals surface area (Å²) in [5.74, 6) is 0.486. The van der Waals surface area contributed by atoms with Crippen molar-refractivity contribution >= 4 is 5.91 Å². The molecule has 0 bridgehead atoms. The van der Waals surface area contributed by atoms with Crippen LogP contribution in [-0.2, 0) is 23.8 Å². The quantitative estimate of drug-likeness (QED) is 0.414. The highest BCUT2D eigenvalue weighted by molar-refractivity contribution is 5.90. The Labute approximate surface area is 209 Å². The summed E-state index contributed by atoms with van der Waals surface area (Å²) in [7, 11) is 3.96. The molecule has 2 aromatic rings. The largest absolute Gasteiger partial charge is 0.416 e. The Morgan fingerprint density at radius 1 is 1.00 bits per heavy atom. The number of likely N-dealkylation sites (N-methyl/N-ethyl adjacent to an activating group) is 1. The van der Waals surface area contributed by atoms with Gasteiger partial charge in [-0.1, -0.05) is 18.6 Å². The molecule has 3 fully saturated rings. The number of aliphatic hydroxyl groups excluding tert-OH is 1. The standard InChI is InChI=1S/C17H21FN2O.C9H6F6O/c1-19(2)14-10-15-17(20(15)16(14)21)9-3-4-13(17)11-5-7-12(18)8-6-11;10-8(11,12)6-1-5(4-16)2-7(3-6)9(13,14)15/h5-8,13-15H,3-4,9-10H2,1-2H3;1-3,16H,4H2/t13?,14?,15-,17?,20?;/m1./s1. The van der Waals surface area contributed by atoms with Crippen molar-refractivity contribution in [3.8, 4) is 0 Å². The highest BCUT2D eigenvalue weighted by Crippen LogP contribution is 2.64. The lowest BCUT2D eigenvalue weighted by Gasteiger charge is -2.27. The maximum Gasteiger partial charge on any atom is 0.416 e. The van der Waals surface area contributed by atoms with Crippen molar-refractivity contribution < 1.29 is 40.6 Å². The lowest BCUT2D eigenvalue weighted by Crippen LogP contribution is -2.41. The third kappa shape index (κ3) is 5.07. The maximum atomic E-state index is 13.1. The molecule has 1 spiro atoms. The summed E-state index contributed by atoms with van der Waals surface area (Å²) >= 11 is 0. The second-order valence-corrected chi connectivity index (χ2v) is 10.00. The Morgan fingerprint density at radius 2 is 1.57 bits per heavy atom. The Balaban J connectivity index is 0.000000181. The molecule has 1 saturated carbocycles. The molecule has 3 unspecified atom stereocenters. The van der Waals surface area contributed by atoms with Gasteiger partial charge in [0, 0.05) is 5.92 Å². The smallest absolute Gasteiger partial charge is 0.392 e. The topological polar surface area (TPSA) is 43.5 Å². The zero-order valence-corrected chi connectivity index (χ0v) is 20.2. The number of aliphatic hydroxyl groups is 1. The zero-order chi connectivity index (χ0) is 27.3. The predicted molar refractivity (Wildman–Crippen MR) is 121 cm³/mol. The van der Waals surface area contributed by atoms with Crippen LogP contribution in [0.25, 0.3) is 0 Å². The molecule has 4 atom stereocenters. The maximum absolute atomic E-state index is 13.1. The van der Waals surface area contributed by atoms with Gasteiger partial charge < -0.3 is 10.0 Å². The van der Waals surface area contributed by atoms with Gasteiger partial charge in [-0.2, -0.15) is 26.3 Å². The second-order valence-electron chi connectivity index (χ2n) is 10.00. The number of rotatable bonds is 3. The van der Waals surface area contributed by atoms with Crippen LogP contribution in [0.4, 0.5) is 30.7 Å². The lowest BCUT2D eigenvalue weighted by molar-refractivity contribution is -0.143. The number of fused-ring (bicyclic) bond motifs is 3. The van der Waals surface area contributed by atoms with Crippen LogP contribution in [0, 0.1) is 5.82 Å². The van der Waals surface area contributed by atoms with E-state index >= 15 is 0 Å². The number of amides is 1. The van der Waals surface area contributed by atoms with Crippen LogP contribution >= 0.6 is 0 Å². The number of alkyl halides is 6. The molecule has 3 aliphatic rings. The van der Waals surface area contributed by atoms with E-state index in [-0.39, 0.29) is 23.5 Å². The zero-order valence-electron chi connectivity index (χ0n) is 20.2. The van der Waals surface area contributed by atoms with Crippen molar-refractivity contribution in [1.82, 2.24) is 9.80 Å². The molecule has 4 nitrogen and oxygen atoms in total. The van der Waals surface area contributed by atoms with Gasteiger partial charge in [0.05, 0.1) is 35.4 Å². The van der Waals surface area contributed by atoms with Crippen molar-refractivity contribution in [1.29, 1.82) is 0 Å². The number of carbonyl (C=O) groups is 1. The van der Waals surface area contributed by atoms with E-state index in [4.69, 9.17) is 5.11 Å². The summed E-state index contributed by atoms with van der Waals surface area (Å²) in [5.41, 5.74) is -2.04. The molecule has 2 heterocycles. The molecule has 11 heteroatoms. The first-order valence-corrected chi connectivity index (χ1v) is 11.8. The molecule has 2 saturated heterocycles. The summed E-state index contributed by atoms with van der Waals surface area (Å²) < 4.78 is 86.5. The van der Waals surface area contributed by atoms with E-state index in [2.05, 4.69) is 4.90 Å². The Bertz CT molecular complexity index is 1110. The number of piperidine rings is 1. The molecule has 1 aliphatic carbocycles. The van der Waals surface area contributed by atoms with E-state index < -0.39 is 35.6 Å². The first-order valence-electron chi connectivity index (χ1n) is 11.8. The fourth-order valence-electron chi connectivity index (χ4n) is 5.94. The molecule has 1 amide bonds. The monoisotopic (exact) mass is 532 g/mol. The summed E-state index contributed by atoms with van der Waals surface area (Å²) in [6, 6.07) is 8.30. The van der Waals surface area contributed by atoms with Gasteiger partial charge in [-0.15, -0.1) is 0 Å². The molecule has 0 aromatic heterocycles. The van der Waals surface area contributed by atoms with Crippen LogP contribution in [-0.4, -0.2) is 52.5 Å². The minimum atomic E-state index is -4.87. The van der Waals surface area contributed by atoms with Gasteiger partial charge in [0.15, 0.2) is 0 Å². The number of carbonyl (C=O) groups excluding carboxylic acids is 1. The van der Waals surface area contributed by atoms with Crippen LogP contribution in [0.3, 0.4) is 0 Å². The van der Waals surface area contributed by atoms with Crippen LogP contribution in [0.2, 0.25) is 0 Å².